The fraction of sp³-hybridized carbons (Fsp3) is 0.417. The molecule has 3 aromatic rings. The second-order valence-electron chi connectivity index (χ2n) is 9.18. The molecule has 3 aromatic heterocycles. The van der Waals surface area contributed by atoms with Crippen LogP contribution in [0.25, 0.3) is 22.3 Å². The Kier molecular flexibility index (Phi) is 6.43. The molecule has 1 unspecified atom stereocenters. The van der Waals surface area contributed by atoms with Crippen molar-refractivity contribution in [3.63, 3.8) is 0 Å². The Morgan fingerprint density at radius 2 is 1.91 bits per heavy atom. The van der Waals surface area contributed by atoms with Crippen molar-refractivity contribution in [2.75, 3.05) is 12.4 Å². The average molecular weight is 680 g/mol. The van der Waals surface area contributed by atoms with Crippen LogP contribution >= 0.6 is 0 Å². The molecule has 0 aromatic carbocycles. The second kappa shape index (κ2) is 9.25. The third kappa shape index (κ3) is 4.49. The van der Waals surface area contributed by atoms with E-state index in [4.69, 9.17) is 4.74 Å². The number of nitrogens with zero attached hydrogens (tertiary/aromatic N) is 3. The molecule has 35 heavy (non-hydrogen) atoms. The number of carbonyl (C=O) groups excluding carboxylic acids is 1. The molecule has 3 heterocycles. The van der Waals surface area contributed by atoms with E-state index in [1.54, 1.807) is 6.20 Å². The molecular weight excluding hydrogens is 657 g/mol. The van der Waals surface area contributed by atoms with E-state index >= 15 is 0 Å². The first-order chi connectivity index (χ1) is 16.7. The van der Waals surface area contributed by atoms with Gasteiger partial charge in [-0.05, 0) is 0 Å². The molecule has 3 saturated carbocycles. The quantitative estimate of drug-likeness (QED) is 0.244. The molecule has 0 aliphatic heterocycles. The Hall–Kier alpha value is -2.38. The SMILES string of the molecule is [CH2]=[Tl][n]1cc(-c2cc(C(F)(F)F)cc(NC3C4CCC(CC4)[C@@H]3C(=O)OC)n2)c2cc(F)cnc21. The van der Waals surface area contributed by atoms with Gasteiger partial charge in [0.05, 0.1) is 0 Å². The van der Waals surface area contributed by atoms with Crippen molar-refractivity contribution >= 4 is 50.9 Å². The van der Waals surface area contributed by atoms with Crippen molar-refractivity contribution in [1.29, 1.82) is 0 Å². The van der Waals surface area contributed by atoms with E-state index in [1.165, 1.54) is 13.2 Å². The minimum atomic E-state index is -4.62. The van der Waals surface area contributed by atoms with Crippen molar-refractivity contribution in [3.05, 3.63) is 42.0 Å². The van der Waals surface area contributed by atoms with Crippen LogP contribution in [-0.2, 0) is 15.7 Å². The minimum absolute atomic E-state index is 0.0320. The molecule has 3 aliphatic rings. The summed E-state index contributed by atoms with van der Waals surface area (Å²) in [6, 6.07) is 2.84. The Labute approximate surface area is 211 Å². The number of ether oxygens (including phenoxy) is 1. The van der Waals surface area contributed by atoms with Crippen LogP contribution in [-0.4, -0.2) is 59.6 Å². The van der Waals surface area contributed by atoms with Gasteiger partial charge in [0.1, 0.15) is 0 Å². The molecule has 182 valence electrons. The number of pyridine rings is 2. The van der Waals surface area contributed by atoms with Gasteiger partial charge in [0.15, 0.2) is 0 Å². The summed E-state index contributed by atoms with van der Waals surface area (Å²) in [6.07, 6.45) is 1.74. The van der Waals surface area contributed by atoms with E-state index in [0.717, 1.165) is 44.0 Å². The van der Waals surface area contributed by atoms with E-state index in [0.29, 0.717) is 16.6 Å². The third-order valence-corrected chi connectivity index (χ3v) is 10.3. The van der Waals surface area contributed by atoms with Gasteiger partial charge < -0.3 is 0 Å². The molecule has 2 atom stereocenters. The van der Waals surface area contributed by atoms with Crippen LogP contribution in [0.4, 0.5) is 23.4 Å². The van der Waals surface area contributed by atoms with Gasteiger partial charge in [-0.25, -0.2) is 0 Å². The van der Waals surface area contributed by atoms with E-state index in [1.807, 2.05) is 2.38 Å². The number of anilines is 1. The van der Waals surface area contributed by atoms with E-state index < -0.39 is 47.5 Å². The van der Waals surface area contributed by atoms with Gasteiger partial charge in [-0.3, -0.25) is 0 Å². The molecule has 6 nitrogen and oxygen atoms in total. The van der Waals surface area contributed by atoms with Crippen molar-refractivity contribution in [1.82, 2.24) is 12.3 Å². The van der Waals surface area contributed by atoms with Gasteiger partial charge >= 0.3 is 212 Å². The second-order valence-corrected chi connectivity index (χ2v) is 12.8. The Morgan fingerprint density at radius 3 is 2.57 bits per heavy atom. The van der Waals surface area contributed by atoms with E-state index in [-0.39, 0.29) is 35.4 Å². The Bertz CT molecular complexity index is 1300. The van der Waals surface area contributed by atoms with Gasteiger partial charge in [0, 0.05) is 0 Å². The summed E-state index contributed by atoms with van der Waals surface area (Å²) in [5, 5.41) is 3.57. The summed E-state index contributed by atoms with van der Waals surface area (Å²) in [4.78, 5) is 21.2. The summed E-state index contributed by atoms with van der Waals surface area (Å²) >= 11 is -1.71. The molecule has 1 N–H and O–H groups in total. The molecule has 6 rings (SSSR count). The Balaban J connectivity index is 1.61. The molecular formula is C24H23F4N4O2Tl. The third-order valence-electron chi connectivity index (χ3n) is 7.27. The zero-order valence-corrected chi connectivity index (χ0v) is 23.5. The zero-order valence-electron chi connectivity index (χ0n) is 19.0. The normalized spacial score (nSPS) is 23.8. The monoisotopic (exact) mass is 680 g/mol. The maximum absolute atomic E-state index is 14.0. The molecule has 0 radical (unpaired) electrons. The number of esters is 1. The van der Waals surface area contributed by atoms with Crippen LogP contribution in [0.2, 0.25) is 0 Å². The van der Waals surface area contributed by atoms with Crippen molar-refractivity contribution in [2.45, 2.75) is 37.9 Å². The molecule has 0 spiro atoms. The van der Waals surface area contributed by atoms with Crippen LogP contribution in [0.5, 0.6) is 0 Å². The summed E-state index contributed by atoms with van der Waals surface area (Å²) in [6.45, 7) is 0. The van der Waals surface area contributed by atoms with Crippen LogP contribution in [0.3, 0.4) is 0 Å². The van der Waals surface area contributed by atoms with Crippen LogP contribution in [0.15, 0.2) is 30.6 Å². The van der Waals surface area contributed by atoms with Crippen molar-refractivity contribution < 1.29 is 27.1 Å². The summed E-state index contributed by atoms with van der Waals surface area (Å²) in [5.41, 5.74) is 0.0588. The number of nitrogens with one attached hydrogen (secondary N) is 1. The molecule has 0 amide bonds. The van der Waals surface area contributed by atoms with Gasteiger partial charge in [0.25, 0.3) is 0 Å². The Morgan fingerprint density at radius 1 is 1.20 bits per heavy atom. The number of fused-ring (bicyclic) bond motifs is 4. The summed E-state index contributed by atoms with van der Waals surface area (Å²) in [7, 11) is 1.33. The number of methoxy groups -OCH3 is 1. The number of carbonyl (C=O) groups is 1. The van der Waals surface area contributed by atoms with Gasteiger partial charge in [-0.2, -0.15) is 0 Å². The van der Waals surface area contributed by atoms with Crippen LogP contribution in [0, 0.1) is 23.6 Å². The van der Waals surface area contributed by atoms with Gasteiger partial charge in [0.2, 0.25) is 0 Å². The van der Waals surface area contributed by atoms with Gasteiger partial charge in [-0.15, -0.1) is 0 Å². The number of halogens is 4. The number of rotatable bonds is 5. The number of hydrogen-bond donors (Lipinski definition) is 1. The van der Waals surface area contributed by atoms with E-state index in [9.17, 15) is 22.4 Å². The predicted molar refractivity (Wildman–Crippen MR) is 125 cm³/mol. The fourth-order valence-electron chi connectivity index (χ4n) is 5.66. The standard InChI is InChI=1S/C23H21F4N4O2.CH2.Tl/c1-33-22(32)19-11-2-4-12(5-3-11)20(19)31-18-7-13(23(25,26)27)6-17(30-18)16-10-29-21-15(16)8-14(24)9-28-21;;/h6-12,19-20H,2-5H2,1H3,(H-,28,29,30,31);1H2;/q-1;;+1/t11?,12?,19-,20?;;/m0../s1. The topological polar surface area (TPSA) is 69.0 Å². The fourth-order valence-corrected chi connectivity index (χ4v) is 8.12. The molecule has 2 bridgehead atoms. The van der Waals surface area contributed by atoms with Gasteiger partial charge in [-0.1, -0.05) is 0 Å². The predicted octanol–water partition coefficient (Wildman–Crippen LogP) is 4.55. The van der Waals surface area contributed by atoms with Crippen LogP contribution < -0.4 is 5.32 Å². The van der Waals surface area contributed by atoms with Crippen LogP contribution in [0.1, 0.15) is 31.2 Å². The summed E-state index contributed by atoms with van der Waals surface area (Å²) in [5.74, 6) is -1.06. The first kappa shape index (κ1) is 24.3. The number of alkyl halides is 3. The summed E-state index contributed by atoms with van der Waals surface area (Å²) < 4.78 is 66.6. The van der Waals surface area contributed by atoms with E-state index in [2.05, 4.69) is 19.3 Å². The molecule has 3 fully saturated rings. The number of aromatic nitrogens is 3. The first-order valence-electron chi connectivity index (χ1n) is 11.4. The molecule has 3 aliphatic carbocycles. The zero-order chi connectivity index (χ0) is 24.9. The van der Waals surface area contributed by atoms with Crippen molar-refractivity contribution in [2.24, 2.45) is 17.8 Å². The number of hydrogen-bond acceptors (Lipinski definition) is 5. The van der Waals surface area contributed by atoms with Crippen molar-refractivity contribution in [3.8, 4) is 11.3 Å². The average Bonchev–Trinajstić information content (AvgIpc) is 3.21. The molecule has 11 heteroatoms. The first-order valence-corrected chi connectivity index (χ1v) is 16.6. The maximum atomic E-state index is 14.0. The molecule has 0 saturated heterocycles.